The molecule has 3 heterocycles. The lowest BCUT2D eigenvalue weighted by Crippen LogP contribution is -2.71. The van der Waals surface area contributed by atoms with Gasteiger partial charge in [-0.3, -0.25) is 24.2 Å². The Kier molecular flexibility index (Phi) is 9.84. The Morgan fingerprint density at radius 1 is 1.12 bits per heavy atom. The number of aliphatic hydroxyl groups is 1. The monoisotopic (exact) mass is 679 g/mol. The standard InChI is InChI=1S/C35H45N5O9/c1-16-10-19-11-21-23(13-36)40-22(27(39(21)7)25(19)32(31(16)47-9)48-15-46-8)12-20-26(30(43)29(42)17(2)28(20)41)24(40)14-37-33(44)18(3)38-34(45)49-35(4,5)6/h10,18,21-24,27,41H,11-12,14-15H2,1-9H3,(H,37,44)(H,38,45)/t18-,21-,22?,23+,24+,27+/m1/s1. The van der Waals surface area contributed by atoms with Crippen LogP contribution in [0.5, 0.6) is 11.5 Å². The molecular formula is C35H45N5O9. The Bertz CT molecular complexity index is 1690. The highest BCUT2D eigenvalue weighted by molar-refractivity contribution is 6.50. The number of ether oxygens (including phenoxy) is 4. The SMILES string of the molecule is COCOc1c(OC)c(C)cc2c1[C@@H]1C3CC4=C(C(=O)C(=O)C(C)=C4O)[C@H](CNC(=O)[C@@H](C)NC(=O)OC(C)(C)C)N3[C@@H](C#N)[C@@H](C2)N1C. The Morgan fingerprint density at radius 3 is 2.43 bits per heavy atom. The van der Waals surface area contributed by atoms with Crippen LogP contribution in [0.25, 0.3) is 0 Å². The van der Waals surface area contributed by atoms with Crippen molar-refractivity contribution in [1.29, 1.82) is 5.26 Å². The highest BCUT2D eigenvalue weighted by Gasteiger charge is 2.57. The third-order valence-electron chi connectivity index (χ3n) is 9.78. The van der Waals surface area contributed by atoms with Crippen molar-refractivity contribution in [1.82, 2.24) is 20.4 Å². The molecule has 1 fully saturated rings. The van der Waals surface area contributed by atoms with Crippen LogP contribution in [0.4, 0.5) is 4.79 Å². The molecule has 0 aromatic heterocycles. The zero-order valence-electron chi connectivity index (χ0n) is 29.4. The average molecular weight is 680 g/mol. The minimum atomic E-state index is -1.01. The molecule has 2 amide bonds. The van der Waals surface area contributed by atoms with E-state index in [1.165, 1.54) is 21.0 Å². The normalized spacial score (nSPS) is 25.8. The number of fused-ring (bicyclic) bond motifs is 6. The van der Waals surface area contributed by atoms with Crippen LogP contribution in [0.2, 0.25) is 0 Å². The van der Waals surface area contributed by atoms with Gasteiger partial charge in [0.1, 0.15) is 23.4 Å². The number of carbonyl (C=O) groups excluding carboxylic acids is 4. The van der Waals surface area contributed by atoms with E-state index < -0.39 is 59.4 Å². The first-order chi connectivity index (χ1) is 23.1. The molecule has 1 saturated heterocycles. The van der Waals surface area contributed by atoms with Gasteiger partial charge in [0, 0.05) is 48.0 Å². The van der Waals surface area contributed by atoms with Crippen molar-refractivity contribution < 1.29 is 43.2 Å². The number of aryl methyl sites for hydroxylation is 1. The smallest absolute Gasteiger partial charge is 0.408 e. The van der Waals surface area contributed by atoms with Gasteiger partial charge in [-0.25, -0.2) is 4.79 Å². The lowest BCUT2D eigenvalue weighted by molar-refractivity contribution is -0.134. The van der Waals surface area contributed by atoms with Crippen LogP contribution in [0.3, 0.4) is 0 Å². The van der Waals surface area contributed by atoms with E-state index in [9.17, 15) is 29.5 Å². The maximum Gasteiger partial charge on any atom is 0.408 e. The van der Waals surface area contributed by atoms with Gasteiger partial charge >= 0.3 is 6.09 Å². The molecule has 1 aromatic rings. The summed E-state index contributed by atoms with van der Waals surface area (Å²) < 4.78 is 22.5. The lowest BCUT2D eigenvalue weighted by Gasteiger charge is -2.60. The number of Topliss-reactive ketones (excluding diaryl/α,β-unsaturated/α-hetero) is 2. The van der Waals surface area contributed by atoms with Crippen LogP contribution in [-0.2, 0) is 30.3 Å². The van der Waals surface area contributed by atoms with Gasteiger partial charge in [-0.2, -0.15) is 5.26 Å². The summed E-state index contributed by atoms with van der Waals surface area (Å²) in [4.78, 5) is 56.6. The molecular weight excluding hydrogens is 634 g/mol. The molecule has 14 nitrogen and oxygen atoms in total. The summed E-state index contributed by atoms with van der Waals surface area (Å²) in [5, 5.41) is 27.4. The predicted molar refractivity (Wildman–Crippen MR) is 176 cm³/mol. The zero-order valence-corrected chi connectivity index (χ0v) is 29.4. The number of nitriles is 1. The molecule has 0 radical (unpaired) electrons. The Balaban J connectivity index is 1.61. The largest absolute Gasteiger partial charge is 0.507 e. The van der Waals surface area contributed by atoms with Gasteiger partial charge in [0.2, 0.25) is 17.5 Å². The Labute approximate surface area is 286 Å². The number of aliphatic hydroxyl groups excluding tert-OH is 1. The van der Waals surface area contributed by atoms with Gasteiger partial charge in [-0.05, 0) is 72.6 Å². The summed E-state index contributed by atoms with van der Waals surface area (Å²) in [6.45, 7) is 9.71. The number of ketones is 2. The fraction of sp³-hybridized carbons (Fsp3) is 0.571. The number of benzene rings is 1. The molecule has 5 rings (SSSR count). The zero-order chi connectivity index (χ0) is 36.1. The van der Waals surface area contributed by atoms with Crippen molar-refractivity contribution in [3.63, 3.8) is 0 Å². The first-order valence-corrected chi connectivity index (χ1v) is 16.3. The van der Waals surface area contributed by atoms with Gasteiger partial charge < -0.3 is 34.7 Å². The molecule has 49 heavy (non-hydrogen) atoms. The predicted octanol–water partition coefficient (Wildman–Crippen LogP) is 2.54. The molecule has 3 N–H and O–H groups in total. The summed E-state index contributed by atoms with van der Waals surface area (Å²) >= 11 is 0. The van der Waals surface area contributed by atoms with Crippen molar-refractivity contribution in [2.75, 3.05) is 34.6 Å². The van der Waals surface area contributed by atoms with Crippen LogP contribution in [0.1, 0.15) is 63.8 Å². The maximum absolute atomic E-state index is 13.7. The molecule has 4 aliphatic rings. The van der Waals surface area contributed by atoms with Gasteiger partial charge in [-0.15, -0.1) is 0 Å². The minimum absolute atomic E-state index is 0.0415. The number of methoxy groups -OCH3 is 2. The number of nitrogens with zero attached hydrogens (tertiary/aromatic N) is 3. The maximum atomic E-state index is 13.7. The third kappa shape index (κ3) is 6.26. The number of hydrogen-bond donors (Lipinski definition) is 3. The van der Waals surface area contributed by atoms with E-state index in [-0.39, 0.29) is 42.7 Å². The first-order valence-electron chi connectivity index (χ1n) is 16.3. The van der Waals surface area contributed by atoms with Crippen molar-refractivity contribution >= 4 is 23.6 Å². The molecule has 0 spiro atoms. The summed E-state index contributed by atoms with van der Waals surface area (Å²) in [7, 11) is 5.02. The lowest BCUT2D eigenvalue weighted by atomic mass is 9.70. The number of amides is 2. The second kappa shape index (κ2) is 13.5. The molecule has 1 aromatic carbocycles. The van der Waals surface area contributed by atoms with E-state index in [4.69, 9.17) is 18.9 Å². The number of nitrogens with one attached hydrogen (secondary N) is 2. The van der Waals surface area contributed by atoms with Crippen LogP contribution >= 0.6 is 0 Å². The second-order valence-electron chi connectivity index (χ2n) is 14.0. The van der Waals surface area contributed by atoms with Gasteiger partial charge in [0.25, 0.3) is 0 Å². The van der Waals surface area contributed by atoms with E-state index in [0.29, 0.717) is 23.5 Å². The fourth-order valence-corrected chi connectivity index (χ4v) is 7.72. The van der Waals surface area contributed by atoms with Gasteiger partial charge in [0.15, 0.2) is 18.3 Å². The van der Waals surface area contributed by atoms with Crippen molar-refractivity contribution in [2.24, 2.45) is 0 Å². The van der Waals surface area contributed by atoms with Crippen molar-refractivity contribution in [3.8, 4) is 17.6 Å². The fourth-order valence-electron chi connectivity index (χ4n) is 7.72. The molecule has 0 saturated carbocycles. The van der Waals surface area contributed by atoms with Gasteiger partial charge in [-0.1, -0.05) is 6.07 Å². The van der Waals surface area contributed by atoms with Crippen LogP contribution < -0.4 is 20.1 Å². The second-order valence-corrected chi connectivity index (χ2v) is 14.0. The van der Waals surface area contributed by atoms with Crippen LogP contribution in [0.15, 0.2) is 28.5 Å². The quantitative estimate of drug-likeness (QED) is 0.208. The number of alkyl carbamates (subject to hydrolysis) is 1. The van der Waals surface area contributed by atoms with E-state index in [2.05, 4.69) is 21.6 Å². The number of rotatable bonds is 8. The van der Waals surface area contributed by atoms with E-state index in [1.54, 1.807) is 27.9 Å². The molecule has 6 atom stereocenters. The Morgan fingerprint density at radius 2 is 1.82 bits per heavy atom. The van der Waals surface area contributed by atoms with Crippen molar-refractivity contribution in [2.45, 2.75) is 96.2 Å². The van der Waals surface area contributed by atoms with E-state index >= 15 is 0 Å². The number of hydrogen-bond acceptors (Lipinski definition) is 12. The summed E-state index contributed by atoms with van der Waals surface area (Å²) in [5.41, 5.74) is 2.20. The molecule has 3 aliphatic heterocycles. The number of likely N-dealkylation sites (N-methyl/N-ethyl adjacent to an activating group) is 1. The summed E-state index contributed by atoms with van der Waals surface area (Å²) in [6.07, 6.45) is -0.168. The highest BCUT2D eigenvalue weighted by Crippen LogP contribution is 2.54. The molecule has 1 aliphatic carbocycles. The highest BCUT2D eigenvalue weighted by atomic mass is 16.7. The molecule has 264 valence electrons. The topological polar surface area (TPSA) is 180 Å². The third-order valence-corrected chi connectivity index (χ3v) is 9.78. The minimum Gasteiger partial charge on any atom is -0.507 e. The van der Waals surface area contributed by atoms with E-state index in [1.807, 2.05) is 24.9 Å². The van der Waals surface area contributed by atoms with Crippen LogP contribution in [-0.4, -0.2) is 109 Å². The summed E-state index contributed by atoms with van der Waals surface area (Å²) in [6, 6.07) is 0.496. The first kappa shape index (κ1) is 35.8. The number of piperazine rings is 1. The molecule has 1 unspecified atom stereocenters. The molecule has 2 bridgehead atoms. The van der Waals surface area contributed by atoms with E-state index in [0.717, 1.165) is 16.7 Å². The van der Waals surface area contributed by atoms with Crippen molar-refractivity contribution in [3.05, 3.63) is 45.2 Å². The summed E-state index contributed by atoms with van der Waals surface area (Å²) in [5.74, 6) is -1.42. The number of allylic oxidation sites excluding steroid dienone is 2. The number of carbonyl (C=O) groups is 4. The van der Waals surface area contributed by atoms with Crippen LogP contribution in [0, 0.1) is 18.3 Å². The van der Waals surface area contributed by atoms with Gasteiger partial charge in [0.05, 0.1) is 25.3 Å². The average Bonchev–Trinajstić information content (AvgIpc) is 3.03. The Hall–Kier alpha value is -4.45. The molecule has 14 heteroatoms.